The maximum absolute atomic E-state index is 13.1. The van der Waals surface area contributed by atoms with Crippen LogP contribution in [0.5, 0.6) is 23.0 Å². The van der Waals surface area contributed by atoms with Gasteiger partial charge in [0.15, 0.2) is 0 Å². The van der Waals surface area contributed by atoms with Crippen molar-refractivity contribution < 1.29 is 47.7 Å². The minimum Gasteiger partial charge on any atom is -0.494 e. The molecule has 724 valence electrons. The number of hydrogen-bond acceptors (Lipinski definition) is 10. The SMILES string of the molecule is CCCCCCCCC1C(CCCCCC)CCC(CCCCCCCC(=O)NCCCCCCCOc2ccc(C3(c4ccc(OCCCCCCCN5C(=O)C=CC5=O)cc4)C4CC5CC(C4)CC3C5)cc2)C1CCCCCCCC(=O)NCCCCCCCOc1ccc(C2(c3ccc(OCCCCCCCN4C(=O)C=CC4=O)cc3)C(C)CC3CC(C)CC2C3)cc1. The quantitative estimate of drug-likeness (QED) is 0.0320. The molecule has 14 nitrogen and oxygen atoms in total. The summed E-state index contributed by atoms with van der Waals surface area (Å²) in [5, 5.41) is 6.52. The standard InChI is InChI=1S/C117H176N4O10/c1-5-7-9-11-19-33-47-108-95(45-31-10-8-6-2)51-52-96(46-32-18-12-21-35-49-110(122)118-73-37-24-15-28-42-78-130-106-65-57-99(58-66-106)117(102-86-93-84-94(88-102)89-103(117)87-93)100-59-67-107(68-60-100)131-80-44-30-17-26-40-76-121-114(126)71-72-115(121)127)109(108)48-34-20-13-22-36-50-111(123)119-74-38-23-14-27-41-77-128-104-61-53-97(54-62-104)116(91(4)83-92-81-90(3)82-101(116)85-92)98-55-63-105(64-56-98)129-79-43-29-16-25-39-75-120-112(124)69-70-113(120)125/h53-72,90-96,101-103,108-109H,5-52,73-89H2,1-4H3,(H,118,122)(H,119,123). The fourth-order valence-corrected chi connectivity index (χ4v) is 26.5. The highest BCUT2D eigenvalue weighted by Gasteiger charge is 2.59. The molecular weight excluding hydrogens is 1620 g/mol. The first kappa shape index (κ1) is 103. The van der Waals surface area contributed by atoms with Gasteiger partial charge in [-0.1, -0.05) is 282 Å². The number of unbranched alkanes of at least 4 members (excludes halogenated alkanes) is 32. The third-order valence-electron chi connectivity index (χ3n) is 33.0. The van der Waals surface area contributed by atoms with Gasteiger partial charge in [-0.25, -0.2) is 0 Å². The number of fused-ring (bicyclic) bond motifs is 2. The Kier molecular flexibility index (Phi) is 44.2. The predicted octanol–water partition coefficient (Wildman–Crippen LogP) is 28.3. The van der Waals surface area contributed by atoms with Gasteiger partial charge in [0.2, 0.25) is 11.8 Å². The van der Waals surface area contributed by atoms with Crippen molar-refractivity contribution in [2.24, 2.45) is 71.0 Å². The molecule has 9 aliphatic rings. The molecule has 9 unspecified atom stereocenters. The normalized spacial score (nSPS) is 24.8. The van der Waals surface area contributed by atoms with Gasteiger partial charge in [-0.2, -0.15) is 0 Å². The highest BCUT2D eigenvalue weighted by Crippen LogP contribution is 2.66. The minimum atomic E-state index is -0.191. The Balaban J connectivity index is 0.483. The first-order valence-corrected chi connectivity index (χ1v) is 54.8. The maximum Gasteiger partial charge on any atom is 0.253 e. The minimum absolute atomic E-state index is 0.0271. The Labute approximate surface area is 793 Å². The summed E-state index contributed by atoms with van der Waals surface area (Å²) in [7, 11) is 0. The van der Waals surface area contributed by atoms with Gasteiger partial charge in [0.1, 0.15) is 23.0 Å². The molecule has 0 spiro atoms. The van der Waals surface area contributed by atoms with Crippen molar-refractivity contribution in [2.75, 3.05) is 52.6 Å². The summed E-state index contributed by atoms with van der Waals surface area (Å²) in [5.74, 6) is 12.7. The van der Waals surface area contributed by atoms with Crippen molar-refractivity contribution in [1.82, 2.24) is 20.4 Å². The van der Waals surface area contributed by atoms with Crippen LogP contribution < -0.4 is 29.6 Å². The second-order valence-corrected chi connectivity index (χ2v) is 42.6. The molecule has 4 aromatic rings. The lowest BCUT2D eigenvalue weighted by molar-refractivity contribution is -0.138. The van der Waals surface area contributed by atoms with Crippen LogP contribution in [0.1, 0.15) is 416 Å². The Bertz CT molecular complexity index is 3970. The van der Waals surface area contributed by atoms with Gasteiger partial charge in [0.25, 0.3) is 23.6 Å². The van der Waals surface area contributed by atoms with Gasteiger partial charge in [-0.15, -0.1) is 0 Å². The predicted molar refractivity (Wildman–Crippen MR) is 535 cm³/mol. The van der Waals surface area contributed by atoms with Crippen molar-refractivity contribution in [2.45, 2.75) is 405 Å². The fraction of sp³-hybridized carbons (Fsp3) is 0.709. The molecule has 4 aromatic carbocycles. The molecule has 14 heteroatoms. The van der Waals surface area contributed by atoms with E-state index in [0.29, 0.717) is 62.8 Å². The van der Waals surface area contributed by atoms with E-state index in [9.17, 15) is 28.8 Å². The molecule has 0 aromatic heterocycles. The van der Waals surface area contributed by atoms with Crippen molar-refractivity contribution in [1.29, 1.82) is 0 Å². The summed E-state index contributed by atoms with van der Waals surface area (Å²) < 4.78 is 25.4. The number of rotatable bonds is 68. The molecule has 2 N–H and O–H groups in total. The Morgan fingerprint density at radius 1 is 0.313 bits per heavy atom. The van der Waals surface area contributed by atoms with Gasteiger partial charge < -0.3 is 29.6 Å². The molecule has 131 heavy (non-hydrogen) atoms. The second kappa shape index (κ2) is 56.3. The molecular formula is C117H176N4O10. The van der Waals surface area contributed by atoms with Crippen LogP contribution in [0.15, 0.2) is 121 Å². The summed E-state index contributed by atoms with van der Waals surface area (Å²) in [5.41, 5.74) is 5.70. The fourth-order valence-electron chi connectivity index (χ4n) is 26.5. The number of amides is 6. The third kappa shape index (κ3) is 31.2. The molecule has 0 radical (unpaired) electrons. The van der Waals surface area contributed by atoms with Crippen LogP contribution in [-0.4, -0.2) is 97.8 Å². The van der Waals surface area contributed by atoms with Crippen LogP contribution in [0.3, 0.4) is 0 Å². The van der Waals surface area contributed by atoms with E-state index in [1.54, 1.807) is 0 Å². The highest BCUT2D eigenvalue weighted by molar-refractivity contribution is 6.13. The summed E-state index contributed by atoms with van der Waals surface area (Å²) in [6.07, 6.45) is 74.0. The number of ether oxygens (including phenoxy) is 4. The van der Waals surface area contributed by atoms with Crippen molar-refractivity contribution in [3.05, 3.63) is 144 Å². The van der Waals surface area contributed by atoms with Gasteiger partial charge >= 0.3 is 0 Å². The molecule has 7 aliphatic carbocycles. The molecule has 0 saturated heterocycles. The second-order valence-electron chi connectivity index (χ2n) is 42.6. The van der Waals surface area contributed by atoms with E-state index in [0.717, 1.165) is 251 Å². The van der Waals surface area contributed by atoms with E-state index in [1.165, 1.54) is 255 Å². The maximum atomic E-state index is 13.1. The van der Waals surface area contributed by atoms with Crippen molar-refractivity contribution >= 4 is 35.4 Å². The summed E-state index contributed by atoms with van der Waals surface area (Å²) in [6, 6.07) is 36.8. The number of benzene rings is 4. The van der Waals surface area contributed by atoms with Gasteiger partial charge in [-0.05, 0) is 289 Å². The van der Waals surface area contributed by atoms with Crippen LogP contribution in [0, 0.1) is 71.0 Å². The molecule has 7 saturated carbocycles. The van der Waals surface area contributed by atoms with Gasteiger partial charge in [0.05, 0.1) is 26.4 Å². The lowest BCUT2D eigenvalue weighted by Gasteiger charge is -2.62. The van der Waals surface area contributed by atoms with Crippen LogP contribution in [0.2, 0.25) is 0 Å². The molecule has 9 atom stereocenters. The zero-order valence-corrected chi connectivity index (χ0v) is 82.4. The smallest absolute Gasteiger partial charge is 0.253 e. The zero-order valence-electron chi connectivity index (χ0n) is 82.4. The Morgan fingerprint density at radius 3 is 0.969 bits per heavy atom. The lowest BCUT2D eigenvalue weighted by Crippen LogP contribution is -2.56. The van der Waals surface area contributed by atoms with Crippen LogP contribution in [-0.2, 0) is 39.6 Å². The van der Waals surface area contributed by atoms with E-state index < -0.39 is 0 Å². The monoisotopic (exact) mass is 1800 g/mol. The van der Waals surface area contributed by atoms with E-state index >= 15 is 0 Å². The average molecular weight is 1800 g/mol. The van der Waals surface area contributed by atoms with Crippen LogP contribution in [0.25, 0.3) is 0 Å². The summed E-state index contributed by atoms with van der Waals surface area (Å²) >= 11 is 0. The number of imide groups is 2. The van der Waals surface area contributed by atoms with Crippen molar-refractivity contribution in [3.8, 4) is 23.0 Å². The van der Waals surface area contributed by atoms with Crippen LogP contribution in [0.4, 0.5) is 0 Å². The summed E-state index contributed by atoms with van der Waals surface area (Å²) in [6.45, 7) is 15.1. The molecule has 6 bridgehead atoms. The van der Waals surface area contributed by atoms with E-state index in [2.05, 4.69) is 135 Å². The number of nitrogens with one attached hydrogen (secondary N) is 2. The topological polar surface area (TPSA) is 170 Å². The lowest BCUT2D eigenvalue weighted by atomic mass is 9.42. The van der Waals surface area contributed by atoms with E-state index in [1.807, 2.05) is 0 Å². The Hall–Kier alpha value is -7.22. The van der Waals surface area contributed by atoms with Crippen LogP contribution >= 0.6 is 0 Å². The van der Waals surface area contributed by atoms with E-state index in [4.69, 9.17) is 18.9 Å². The largest absolute Gasteiger partial charge is 0.494 e. The molecule has 6 amide bonds. The molecule has 13 rings (SSSR count). The third-order valence-corrected chi connectivity index (χ3v) is 33.0. The first-order chi connectivity index (χ1) is 64.2. The molecule has 7 fully saturated rings. The average Bonchev–Trinajstić information content (AvgIpc) is 1.03. The summed E-state index contributed by atoms with van der Waals surface area (Å²) in [4.78, 5) is 76.2. The number of carbonyl (C=O) groups excluding carboxylic acids is 6. The van der Waals surface area contributed by atoms with E-state index in [-0.39, 0.29) is 46.3 Å². The van der Waals surface area contributed by atoms with Gasteiger partial charge in [0, 0.05) is 74.2 Å². The number of nitrogens with zero attached hydrogens (tertiary/aromatic N) is 2. The van der Waals surface area contributed by atoms with Crippen molar-refractivity contribution in [3.63, 3.8) is 0 Å². The molecule has 2 aliphatic heterocycles. The highest BCUT2D eigenvalue weighted by atomic mass is 16.5. The number of hydrogen-bond donors (Lipinski definition) is 2. The number of carbonyl (C=O) groups is 6. The van der Waals surface area contributed by atoms with Gasteiger partial charge in [-0.3, -0.25) is 38.6 Å². The Morgan fingerprint density at radius 2 is 0.603 bits per heavy atom. The molecule has 2 heterocycles. The first-order valence-electron chi connectivity index (χ1n) is 54.8. The zero-order chi connectivity index (χ0) is 91.5.